The van der Waals surface area contributed by atoms with Gasteiger partial charge in [0.25, 0.3) is 5.56 Å². The van der Waals surface area contributed by atoms with E-state index in [-0.39, 0.29) is 11.7 Å². The summed E-state index contributed by atoms with van der Waals surface area (Å²) in [5, 5.41) is 0.579. The van der Waals surface area contributed by atoms with Crippen LogP contribution in [0.5, 0.6) is 0 Å². The standard InChI is InChI=1S/C14H17N3O2/c15-10-3-4-13-12(8-10)14(18)17(9-16-13)6-5-11-2-1-7-19-11/h3-4,8-9,11H,1-2,5-7,15H2. The van der Waals surface area contributed by atoms with Gasteiger partial charge in [0.05, 0.1) is 23.3 Å². The van der Waals surface area contributed by atoms with Crippen molar-refractivity contribution in [3.05, 3.63) is 34.9 Å². The zero-order valence-electron chi connectivity index (χ0n) is 10.7. The van der Waals surface area contributed by atoms with Gasteiger partial charge in [0, 0.05) is 18.8 Å². The van der Waals surface area contributed by atoms with Gasteiger partial charge in [-0.15, -0.1) is 0 Å². The maximum absolute atomic E-state index is 12.3. The largest absolute Gasteiger partial charge is 0.399 e. The van der Waals surface area contributed by atoms with Crippen molar-refractivity contribution in [2.45, 2.75) is 31.9 Å². The molecular formula is C14H17N3O2. The average Bonchev–Trinajstić information content (AvgIpc) is 2.92. The number of aromatic nitrogens is 2. The second-order valence-corrected chi connectivity index (χ2v) is 4.94. The zero-order chi connectivity index (χ0) is 13.2. The first kappa shape index (κ1) is 12.2. The van der Waals surface area contributed by atoms with E-state index in [1.807, 2.05) is 0 Å². The van der Waals surface area contributed by atoms with Crippen molar-refractivity contribution in [1.82, 2.24) is 9.55 Å². The van der Waals surface area contributed by atoms with Gasteiger partial charge in [0.2, 0.25) is 0 Å². The molecule has 2 heterocycles. The summed E-state index contributed by atoms with van der Waals surface area (Å²) in [5.74, 6) is 0. The Morgan fingerprint density at radius 3 is 3.16 bits per heavy atom. The Labute approximate surface area is 111 Å². The third kappa shape index (κ3) is 2.46. The van der Waals surface area contributed by atoms with Crippen molar-refractivity contribution in [2.24, 2.45) is 0 Å². The Morgan fingerprint density at radius 2 is 2.37 bits per heavy atom. The van der Waals surface area contributed by atoms with Gasteiger partial charge in [-0.3, -0.25) is 9.36 Å². The highest BCUT2D eigenvalue weighted by Crippen LogP contribution is 2.16. The summed E-state index contributed by atoms with van der Waals surface area (Å²) in [6.45, 7) is 1.48. The third-order valence-corrected chi connectivity index (χ3v) is 3.56. The Kier molecular flexibility index (Phi) is 3.21. The Bertz CT molecular complexity index is 645. The minimum Gasteiger partial charge on any atom is -0.399 e. The minimum atomic E-state index is -0.0321. The molecule has 0 aliphatic carbocycles. The first-order valence-corrected chi connectivity index (χ1v) is 6.60. The summed E-state index contributed by atoms with van der Waals surface area (Å²) in [5.41, 5.74) is 6.96. The molecule has 1 aliphatic rings. The van der Waals surface area contributed by atoms with E-state index in [4.69, 9.17) is 10.5 Å². The fourth-order valence-corrected chi connectivity index (χ4v) is 2.49. The van der Waals surface area contributed by atoms with Crippen molar-refractivity contribution in [2.75, 3.05) is 12.3 Å². The predicted molar refractivity (Wildman–Crippen MR) is 74.0 cm³/mol. The molecule has 0 spiro atoms. The number of hydrogen-bond acceptors (Lipinski definition) is 4. The summed E-state index contributed by atoms with van der Waals surface area (Å²) in [6.07, 6.45) is 4.95. The minimum absolute atomic E-state index is 0.0321. The van der Waals surface area contributed by atoms with E-state index in [2.05, 4.69) is 4.98 Å². The van der Waals surface area contributed by atoms with E-state index in [9.17, 15) is 4.79 Å². The van der Waals surface area contributed by atoms with Crippen LogP contribution in [0.4, 0.5) is 5.69 Å². The lowest BCUT2D eigenvalue weighted by Crippen LogP contribution is -2.23. The summed E-state index contributed by atoms with van der Waals surface area (Å²) < 4.78 is 7.21. The molecule has 0 saturated carbocycles. The van der Waals surface area contributed by atoms with Crippen LogP contribution in [-0.2, 0) is 11.3 Å². The fraction of sp³-hybridized carbons (Fsp3) is 0.429. The number of ether oxygens (including phenoxy) is 1. The van der Waals surface area contributed by atoms with Crippen LogP contribution in [0.2, 0.25) is 0 Å². The highest BCUT2D eigenvalue weighted by atomic mass is 16.5. The molecule has 1 saturated heterocycles. The van der Waals surface area contributed by atoms with Crippen LogP contribution < -0.4 is 11.3 Å². The number of nitrogen functional groups attached to an aromatic ring is 1. The molecule has 100 valence electrons. The number of aryl methyl sites for hydroxylation is 1. The molecule has 1 aromatic carbocycles. The molecule has 1 aromatic heterocycles. The van der Waals surface area contributed by atoms with Crippen LogP contribution in [0.15, 0.2) is 29.3 Å². The van der Waals surface area contributed by atoms with Crippen LogP contribution in [-0.4, -0.2) is 22.3 Å². The Balaban J connectivity index is 1.87. The number of benzene rings is 1. The summed E-state index contributed by atoms with van der Waals surface area (Å²) in [4.78, 5) is 16.6. The first-order valence-electron chi connectivity index (χ1n) is 6.60. The molecule has 5 nitrogen and oxygen atoms in total. The second-order valence-electron chi connectivity index (χ2n) is 4.94. The molecule has 5 heteroatoms. The third-order valence-electron chi connectivity index (χ3n) is 3.56. The van der Waals surface area contributed by atoms with Gasteiger partial charge >= 0.3 is 0 Å². The summed E-state index contributed by atoms with van der Waals surface area (Å²) in [7, 11) is 0. The van der Waals surface area contributed by atoms with E-state index in [0.717, 1.165) is 25.9 Å². The molecule has 2 aromatic rings. The maximum Gasteiger partial charge on any atom is 0.261 e. The molecule has 0 bridgehead atoms. The van der Waals surface area contributed by atoms with Crippen LogP contribution in [0.1, 0.15) is 19.3 Å². The first-order chi connectivity index (χ1) is 9.24. The average molecular weight is 259 g/mol. The molecule has 1 aliphatic heterocycles. The molecule has 2 N–H and O–H groups in total. The molecule has 19 heavy (non-hydrogen) atoms. The Morgan fingerprint density at radius 1 is 1.47 bits per heavy atom. The van der Waals surface area contributed by atoms with Crippen molar-refractivity contribution in [1.29, 1.82) is 0 Å². The molecule has 1 fully saturated rings. The lowest BCUT2D eigenvalue weighted by Gasteiger charge is -2.11. The van der Waals surface area contributed by atoms with E-state index >= 15 is 0 Å². The van der Waals surface area contributed by atoms with Gasteiger partial charge in [0.1, 0.15) is 0 Å². The van der Waals surface area contributed by atoms with E-state index in [1.54, 1.807) is 29.1 Å². The predicted octanol–water partition coefficient (Wildman–Crippen LogP) is 1.55. The summed E-state index contributed by atoms with van der Waals surface area (Å²) >= 11 is 0. The highest BCUT2D eigenvalue weighted by Gasteiger charge is 2.15. The smallest absolute Gasteiger partial charge is 0.261 e. The monoisotopic (exact) mass is 259 g/mol. The number of nitrogens with zero attached hydrogens (tertiary/aromatic N) is 2. The number of rotatable bonds is 3. The lowest BCUT2D eigenvalue weighted by molar-refractivity contribution is 0.100. The van der Waals surface area contributed by atoms with Gasteiger partial charge in [0.15, 0.2) is 0 Å². The van der Waals surface area contributed by atoms with Crippen LogP contribution in [0.25, 0.3) is 10.9 Å². The van der Waals surface area contributed by atoms with Crippen molar-refractivity contribution in [3.63, 3.8) is 0 Å². The number of nitrogens with two attached hydrogens (primary N) is 1. The second kappa shape index (κ2) is 5.01. The molecule has 0 radical (unpaired) electrons. The molecule has 0 amide bonds. The van der Waals surface area contributed by atoms with Crippen molar-refractivity contribution >= 4 is 16.6 Å². The summed E-state index contributed by atoms with van der Waals surface area (Å²) in [6, 6.07) is 5.22. The van der Waals surface area contributed by atoms with Crippen LogP contribution >= 0.6 is 0 Å². The maximum atomic E-state index is 12.3. The van der Waals surface area contributed by atoms with Gasteiger partial charge in [-0.2, -0.15) is 0 Å². The molecule has 3 rings (SSSR count). The van der Waals surface area contributed by atoms with E-state index < -0.39 is 0 Å². The Hall–Kier alpha value is -1.88. The van der Waals surface area contributed by atoms with Gasteiger partial charge < -0.3 is 10.5 Å². The van der Waals surface area contributed by atoms with E-state index in [0.29, 0.717) is 23.1 Å². The van der Waals surface area contributed by atoms with Gasteiger partial charge in [-0.05, 0) is 37.5 Å². The quantitative estimate of drug-likeness (QED) is 0.849. The number of anilines is 1. The normalized spacial score (nSPS) is 19.1. The number of hydrogen-bond donors (Lipinski definition) is 1. The van der Waals surface area contributed by atoms with Gasteiger partial charge in [-0.1, -0.05) is 0 Å². The molecule has 1 unspecified atom stereocenters. The SMILES string of the molecule is Nc1ccc2ncn(CCC3CCCO3)c(=O)c2c1. The highest BCUT2D eigenvalue weighted by molar-refractivity contribution is 5.80. The lowest BCUT2D eigenvalue weighted by atomic mass is 10.2. The topological polar surface area (TPSA) is 70.1 Å². The molecule has 1 atom stereocenters. The van der Waals surface area contributed by atoms with E-state index in [1.165, 1.54) is 0 Å². The van der Waals surface area contributed by atoms with Gasteiger partial charge in [-0.25, -0.2) is 4.98 Å². The fourth-order valence-electron chi connectivity index (χ4n) is 2.49. The zero-order valence-corrected chi connectivity index (χ0v) is 10.7. The van der Waals surface area contributed by atoms with Crippen molar-refractivity contribution < 1.29 is 4.74 Å². The van der Waals surface area contributed by atoms with Crippen molar-refractivity contribution in [3.8, 4) is 0 Å². The number of fused-ring (bicyclic) bond motifs is 1. The van der Waals surface area contributed by atoms with Crippen LogP contribution in [0, 0.1) is 0 Å². The van der Waals surface area contributed by atoms with Crippen LogP contribution in [0.3, 0.4) is 0 Å². The molecular weight excluding hydrogens is 242 g/mol.